The molecule has 1 aliphatic carbocycles. The zero-order valence-corrected chi connectivity index (χ0v) is 18.7. The first-order valence-corrected chi connectivity index (χ1v) is 9.71. The fourth-order valence-corrected chi connectivity index (χ4v) is 4.80. The predicted octanol–water partition coefficient (Wildman–Crippen LogP) is 6.24. The molecule has 0 atom stereocenters. The maximum atomic E-state index is 6.11. The molecule has 0 spiro atoms. The molecule has 0 heterocycles. The maximum Gasteiger partial charge on any atom is -0.147 e. The third-order valence-electron chi connectivity index (χ3n) is 4.75. The van der Waals surface area contributed by atoms with Crippen LogP contribution >= 0.6 is 24.8 Å². The van der Waals surface area contributed by atoms with E-state index in [1.54, 1.807) is 0 Å². The Hall–Kier alpha value is -0.566. The normalized spacial score (nSPS) is 14.0. The topological polar surface area (TPSA) is 9.23 Å². The summed E-state index contributed by atoms with van der Waals surface area (Å²) in [6.07, 6.45) is 1.37. The Morgan fingerprint density at radius 1 is 0.920 bits per heavy atom. The number of allylic oxidation sites excluding steroid dienone is 4. The van der Waals surface area contributed by atoms with Crippen molar-refractivity contribution in [3.8, 4) is 0 Å². The van der Waals surface area contributed by atoms with Crippen molar-refractivity contribution in [2.45, 2.75) is 47.1 Å². The van der Waals surface area contributed by atoms with Gasteiger partial charge in [-0.25, -0.2) is 0 Å². The minimum atomic E-state index is -0.610. The molecule has 1 aliphatic rings. The summed E-state index contributed by atoms with van der Waals surface area (Å²) in [5, 5.41) is 2.69. The molecule has 0 aliphatic heterocycles. The van der Waals surface area contributed by atoms with Gasteiger partial charge in [-0.1, -0.05) is 0 Å². The van der Waals surface area contributed by atoms with Crippen molar-refractivity contribution in [1.29, 1.82) is 0 Å². The van der Waals surface area contributed by atoms with Gasteiger partial charge in [0, 0.05) is 0 Å². The summed E-state index contributed by atoms with van der Waals surface area (Å²) in [5.74, 6) is 0. The molecule has 134 valence electrons. The molecule has 0 unspecified atom stereocenters. The van der Waals surface area contributed by atoms with Crippen molar-refractivity contribution in [1.82, 2.24) is 0 Å². The van der Waals surface area contributed by atoms with Gasteiger partial charge in [0.05, 0.1) is 0 Å². The van der Waals surface area contributed by atoms with E-state index in [1.807, 2.05) is 0 Å². The Bertz CT molecular complexity index is 822. The third kappa shape index (κ3) is 4.59. The second-order valence-electron chi connectivity index (χ2n) is 6.66. The van der Waals surface area contributed by atoms with E-state index in [9.17, 15) is 0 Å². The molecular formula is C21H26Cl2OTi. The Labute approximate surface area is 173 Å². The average Bonchev–Trinajstić information content (AvgIpc) is 2.79. The molecule has 0 saturated carbocycles. The summed E-state index contributed by atoms with van der Waals surface area (Å²) in [5.41, 5.74) is 7.33. The second-order valence-corrected chi connectivity index (χ2v) is 8.13. The summed E-state index contributed by atoms with van der Waals surface area (Å²) in [4.78, 5) is 0. The molecule has 4 heteroatoms. The largest absolute Gasteiger partial charge is 0.147 e. The number of hydrogen-bond acceptors (Lipinski definition) is 1. The number of halogens is 2. The molecule has 0 radical (unpaired) electrons. The molecule has 0 aromatic heterocycles. The third-order valence-corrected chi connectivity index (χ3v) is 6.83. The Balaban J connectivity index is 0.00000156. The number of benzene rings is 2. The SMILES string of the molecule is CC1=C(C)C(C)=C(c2ccc3ccccc3[c]2[Ti][O]C(C)C)C1.Cl.Cl. The average molecular weight is 413 g/mol. The zero-order chi connectivity index (χ0) is 16.6. The van der Waals surface area contributed by atoms with E-state index in [-0.39, 0.29) is 24.8 Å². The van der Waals surface area contributed by atoms with E-state index in [2.05, 4.69) is 71.0 Å². The van der Waals surface area contributed by atoms with Crippen LogP contribution < -0.4 is 3.87 Å². The van der Waals surface area contributed by atoms with Gasteiger partial charge >= 0.3 is 149 Å². The monoisotopic (exact) mass is 412 g/mol. The van der Waals surface area contributed by atoms with Crippen LogP contribution in [0.25, 0.3) is 16.3 Å². The molecular weight excluding hydrogens is 387 g/mol. The van der Waals surface area contributed by atoms with Gasteiger partial charge in [0.2, 0.25) is 0 Å². The van der Waals surface area contributed by atoms with Crippen LogP contribution in [0.2, 0.25) is 0 Å². The van der Waals surface area contributed by atoms with Crippen LogP contribution in [0.1, 0.15) is 46.6 Å². The van der Waals surface area contributed by atoms with Crippen molar-refractivity contribution in [2.24, 2.45) is 0 Å². The van der Waals surface area contributed by atoms with Crippen molar-refractivity contribution >= 4 is 45.0 Å². The van der Waals surface area contributed by atoms with Gasteiger partial charge in [0.25, 0.3) is 0 Å². The molecule has 2 aromatic rings. The summed E-state index contributed by atoms with van der Waals surface area (Å²) in [6, 6.07) is 13.3. The van der Waals surface area contributed by atoms with Gasteiger partial charge in [0.15, 0.2) is 0 Å². The van der Waals surface area contributed by atoms with Crippen LogP contribution in [0, 0.1) is 0 Å². The standard InChI is InChI=1S/C18H17.C3H7O.2ClH.Ti/c1-12-10-18(14(3)13(12)2)17-9-8-15-6-4-5-7-16(15)11-17;1-3(2)4;;;/h4-9H,10H2,1-3H3;3H,1-2H3;2*1H;/q;-1;;;+1. The number of fused-ring (bicyclic) bond motifs is 1. The molecule has 3 rings (SSSR count). The van der Waals surface area contributed by atoms with Gasteiger partial charge in [0.1, 0.15) is 0 Å². The fraction of sp³-hybridized carbons (Fsp3) is 0.333. The van der Waals surface area contributed by atoms with Crippen molar-refractivity contribution in [2.75, 3.05) is 0 Å². The first-order valence-electron chi connectivity index (χ1n) is 8.29. The van der Waals surface area contributed by atoms with Crippen LogP contribution in [0.15, 0.2) is 53.1 Å². The van der Waals surface area contributed by atoms with E-state index in [0.717, 1.165) is 6.42 Å². The van der Waals surface area contributed by atoms with Crippen molar-refractivity contribution < 1.29 is 22.9 Å². The van der Waals surface area contributed by atoms with E-state index < -0.39 is 19.5 Å². The molecule has 0 fully saturated rings. The quantitative estimate of drug-likeness (QED) is 0.539. The molecule has 0 bridgehead atoms. The molecule has 2 aromatic carbocycles. The van der Waals surface area contributed by atoms with E-state index in [0.29, 0.717) is 6.10 Å². The smallest absolute Gasteiger partial charge is 0.147 e. The van der Waals surface area contributed by atoms with E-state index in [1.165, 1.54) is 42.5 Å². The van der Waals surface area contributed by atoms with Crippen molar-refractivity contribution in [3.05, 3.63) is 58.7 Å². The van der Waals surface area contributed by atoms with Crippen molar-refractivity contribution in [3.63, 3.8) is 0 Å². The van der Waals surface area contributed by atoms with Gasteiger partial charge in [-0.05, 0) is 0 Å². The Kier molecular flexibility index (Phi) is 8.44. The van der Waals surface area contributed by atoms with Crippen LogP contribution in [-0.4, -0.2) is 6.10 Å². The summed E-state index contributed by atoms with van der Waals surface area (Å²) in [6.45, 7) is 11.0. The molecule has 1 nitrogen and oxygen atoms in total. The maximum absolute atomic E-state index is 6.11. The minimum absolute atomic E-state index is 0. The number of hydrogen-bond donors (Lipinski definition) is 0. The molecule has 25 heavy (non-hydrogen) atoms. The molecule has 0 N–H and O–H groups in total. The number of rotatable bonds is 4. The van der Waals surface area contributed by atoms with Gasteiger partial charge in [-0.3, -0.25) is 0 Å². The molecule has 0 amide bonds. The Morgan fingerprint density at radius 3 is 2.20 bits per heavy atom. The predicted molar refractivity (Wildman–Crippen MR) is 110 cm³/mol. The van der Waals surface area contributed by atoms with Crippen LogP contribution in [0.4, 0.5) is 0 Å². The van der Waals surface area contributed by atoms with Crippen LogP contribution in [-0.2, 0) is 22.9 Å². The van der Waals surface area contributed by atoms with Gasteiger partial charge in [-0.15, -0.1) is 24.8 Å². The first kappa shape index (κ1) is 22.5. The second kappa shape index (κ2) is 9.39. The fourth-order valence-electron chi connectivity index (χ4n) is 3.18. The first-order chi connectivity index (χ1) is 11.0. The van der Waals surface area contributed by atoms with Gasteiger partial charge in [-0.2, -0.15) is 0 Å². The summed E-state index contributed by atoms with van der Waals surface area (Å²) < 4.78 is 7.57. The van der Waals surface area contributed by atoms with Crippen LogP contribution in [0.5, 0.6) is 0 Å². The van der Waals surface area contributed by atoms with E-state index in [4.69, 9.17) is 3.32 Å². The zero-order valence-electron chi connectivity index (χ0n) is 15.5. The Morgan fingerprint density at radius 2 is 1.60 bits per heavy atom. The van der Waals surface area contributed by atoms with E-state index >= 15 is 0 Å². The molecule has 0 saturated heterocycles. The van der Waals surface area contributed by atoms with Crippen LogP contribution in [0.3, 0.4) is 0 Å². The minimum Gasteiger partial charge on any atom is -0.147 e. The summed E-state index contributed by atoms with van der Waals surface area (Å²) in [7, 11) is 0. The summed E-state index contributed by atoms with van der Waals surface area (Å²) >= 11 is -0.610. The van der Waals surface area contributed by atoms with Gasteiger partial charge < -0.3 is 0 Å².